The van der Waals surface area contributed by atoms with Crippen LogP contribution >= 0.6 is 0 Å². The summed E-state index contributed by atoms with van der Waals surface area (Å²) in [5.41, 5.74) is 3.21. The van der Waals surface area contributed by atoms with Gasteiger partial charge in [0.25, 0.3) is 0 Å². The monoisotopic (exact) mass is 407 g/mol. The Balaban J connectivity index is 1.37. The highest BCUT2D eigenvalue weighted by atomic mass is 19.1. The highest BCUT2D eigenvalue weighted by Gasteiger charge is 2.06. The molecule has 0 amide bonds. The number of fused-ring (bicyclic) bond motifs is 1. The lowest BCUT2D eigenvalue weighted by atomic mass is 10.1. The Bertz CT molecular complexity index is 940. The van der Waals surface area contributed by atoms with Gasteiger partial charge in [-0.1, -0.05) is 30.7 Å². The lowest BCUT2D eigenvalue weighted by Crippen LogP contribution is -2.19. The highest BCUT2D eigenvalue weighted by Crippen LogP contribution is 2.22. The van der Waals surface area contributed by atoms with Crippen LogP contribution in [-0.4, -0.2) is 19.8 Å². The molecule has 0 aliphatic rings. The predicted molar refractivity (Wildman–Crippen MR) is 120 cm³/mol. The van der Waals surface area contributed by atoms with Crippen LogP contribution in [0.5, 0.6) is 0 Å². The van der Waals surface area contributed by atoms with E-state index in [4.69, 9.17) is 15.6 Å². The molecule has 3 nitrogen and oxygen atoms in total. The second-order valence-corrected chi connectivity index (χ2v) is 7.52. The first-order valence-electron chi connectivity index (χ1n) is 10.7. The van der Waals surface area contributed by atoms with Crippen molar-refractivity contribution in [2.24, 2.45) is 0 Å². The minimum absolute atomic E-state index is 0.203. The summed E-state index contributed by atoms with van der Waals surface area (Å²) in [5.74, 6) is 3.41. The number of aryl methyl sites for hydroxylation is 2. The van der Waals surface area contributed by atoms with Gasteiger partial charge in [-0.3, -0.25) is 0 Å². The summed E-state index contributed by atoms with van der Waals surface area (Å²) in [4.78, 5) is 0. The molecule has 0 unspecified atom stereocenters. The fourth-order valence-corrected chi connectivity index (χ4v) is 3.37. The zero-order valence-corrected chi connectivity index (χ0v) is 17.5. The van der Waals surface area contributed by atoms with Crippen LogP contribution < -0.4 is 5.32 Å². The molecule has 3 rings (SSSR count). The van der Waals surface area contributed by atoms with Gasteiger partial charge in [-0.25, -0.2) is 4.39 Å². The fraction of sp³-hybridized carbons (Fsp3) is 0.385. The maximum Gasteiger partial charge on any atom is 0.134 e. The Morgan fingerprint density at radius 1 is 0.933 bits per heavy atom. The SMILES string of the molecule is C#CCCCCCOCCNCc1ccc2cc(CCc3ccc(F)cc3)oc2c1. The van der Waals surface area contributed by atoms with Crippen molar-refractivity contribution in [2.45, 2.75) is 45.1 Å². The van der Waals surface area contributed by atoms with E-state index in [0.717, 1.165) is 80.5 Å². The number of hydrogen-bond acceptors (Lipinski definition) is 3. The fourth-order valence-electron chi connectivity index (χ4n) is 3.37. The first-order valence-corrected chi connectivity index (χ1v) is 10.7. The summed E-state index contributed by atoms with van der Waals surface area (Å²) >= 11 is 0. The van der Waals surface area contributed by atoms with Crippen molar-refractivity contribution >= 4 is 11.0 Å². The van der Waals surface area contributed by atoms with Crippen LogP contribution in [0.1, 0.15) is 42.6 Å². The number of nitrogens with one attached hydrogen (secondary N) is 1. The second-order valence-electron chi connectivity index (χ2n) is 7.52. The lowest BCUT2D eigenvalue weighted by molar-refractivity contribution is 0.131. The predicted octanol–water partition coefficient (Wildman–Crippen LogP) is 5.66. The number of ether oxygens (including phenoxy) is 1. The van der Waals surface area contributed by atoms with E-state index in [9.17, 15) is 4.39 Å². The smallest absolute Gasteiger partial charge is 0.134 e. The molecule has 30 heavy (non-hydrogen) atoms. The first kappa shape index (κ1) is 22.1. The van der Waals surface area contributed by atoms with Gasteiger partial charge in [0.15, 0.2) is 0 Å². The van der Waals surface area contributed by atoms with Crippen molar-refractivity contribution in [3.05, 3.63) is 71.2 Å². The van der Waals surface area contributed by atoms with Crippen LogP contribution in [-0.2, 0) is 24.1 Å². The molecule has 1 heterocycles. The third kappa shape index (κ3) is 7.33. The van der Waals surface area contributed by atoms with Gasteiger partial charge in [-0.2, -0.15) is 0 Å². The van der Waals surface area contributed by atoms with E-state index in [1.807, 2.05) is 12.1 Å². The normalized spacial score (nSPS) is 11.1. The van der Waals surface area contributed by atoms with E-state index in [2.05, 4.69) is 35.5 Å². The summed E-state index contributed by atoms with van der Waals surface area (Å²) in [6.45, 7) is 3.12. The van der Waals surface area contributed by atoms with Crippen molar-refractivity contribution in [3.63, 3.8) is 0 Å². The average Bonchev–Trinajstić information content (AvgIpc) is 3.17. The molecule has 0 atom stereocenters. The van der Waals surface area contributed by atoms with Gasteiger partial charge in [0.2, 0.25) is 0 Å². The van der Waals surface area contributed by atoms with Gasteiger partial charge in [-0.15, -0.1) is 12.3 Å². The van der Waals surface area contributed by atoms with Gasteiger partial charge in [0.1, 0.15) is 17.2 Å². The minimum Gasteiger partial charge on any atom is -0.461 e. The summed E-state index contributed by atoms with van der Waals surface area (Å²) in [5, 5.41) is 4.52. The maximum atomic E-state index is 13.0. The second kappa shape index (κ2) is 12.2. The van der Waals surface area contributed by atoms with Crippen LogP contribution in [0, 0.1) is 18.2 Å². The number of terminal acetylenes is 1. The van der Waals surface area contributed by atoms with Gasteiger partial charge in [0, 0.05) is 37.9 Å². The third-order valence-electron chi connectivity index (χ3n) is 5.07. The quantitative estimate of drug-likeness (QED) is 0.293. The van der Waals surface area contributed by atoms with Crippen LogP contribution in [0.4, 0.5) is 4.39 Å². The zero-order valence-electron chi connectivity index (χ0n) is 17.5. The Morgan fingerprint density at radius 3 is 2.60 bits per heavy atom. The van der Waals surface area contributed by atoms with E-state index >= 15 is 0 Å². The standard InChI is InChI=1S/C26H30FNO2/c1-2-3-4-5-6-16-29-17-15-28-20-22-7-11-23-19-25(30-26(23)18-22)14-10-21-8-12-24(27)13-9-21/h1,7-9,11-13,18-19,28H,3-6,10,14-17,20H2. The number of halogens is 1. The molecular formula is C26H30FNO2. The third-order valence-corrected chi connectivity index (χ3v) is 5.07. The summed E-state index contributed by atoms with van der Waals surface area (Å²) in [6.07, 6.45) is 11.0. The largest absolute Gasteiger partial charge is 0.461 e. The molecular weight excluding hydrogens is 377 g/mol. The first-order chi connectivity index (χ1) is 14.7. The molecule has 0 spiro atoms. The maximum absolute atomic E-state index is 13.0. The van der Waals surface area contributed by atoms with Crippen molar-refractivity contribution in [1.82, 2.24) is 5.32 Å². The average molecular weight is 408 g/mol. The van der Waals surface area contributed by atoms with Crippen LogP contribution in [0.3, 0.4) is 0 Å². The molecule has 0 radical (unpaired) electrons. The Hall–Kier alpha value is -2.61. The van der Waals surface area contributed by atoms with Gasteiger partial charge in [0.05, 0.1) is 6.61 Å². The molecule has 3 aromatic rings. The molecule has 0 fully saturated rings. The molecule has 158 valence electrons. The summed E-state index contributed by atoms with van der Waals surface area (Å²) in [7, 11) is 0. The topological polar surface area (TPSA) is 34.4 Å². The van der Waals surface area contributed by atoms with E-state index in [-0.39, 0.29) is 5.82 Å². The van der Waals surface area contributed by atoms with Gasteiger partial charge in [-0.05, 0) is 54.7 Å². The minimum atomic E-state index is -0.203. The number of rotatable bonds is 13. The molecule has 1 aromatic heterocycles. The Kier molecular flexibility index (Phi) is 8.96. The molecule has 0 saturated heterocycles. The molecule has 0 aliphatic carbocycles. The lowest BCUT2D eigenvalue weighted by Gasteiger charge is -2.06. The molecule has 0 saturated carbocycles. The molecule has 2 aromatic carbocycles. The van der Waals surface area contributed by atoms with Crippen LogP contribution in [0.25, 0.3) is 11.0 Å². The summed E-state index contributed by atoms with van der Waals surface area (Å²) < 4.78 is 24.7. The molecule has 0 aliphatic heterocycles. The van der Waals surface area contributed by atoms with Crippen LogP contribution in [0.15, 0.2) is 52.9 Å². The molecule has 4 heteroatoms. The van der Waals surface area contributed by atoms with E-state index < -0.39 is 0 Å². The van der Waals surface area contributed by atoms with E-state index in [0.29, 0.717) is 6.61 Å². The van der Waals surface area contributed by atoms with E-state index in [1.54, 1.807) is 0 Å². The molecule has 1 N–H and O–H groups in total. The number of benzene rings is 2. The van der Waals surface area contributed by atoms with Crippen molar-refractivity contribution in [2.75, 3.05) is 19.8 Å². The van der Waals surface area contributed by atoms with Crippen LogP contribution in [0.2, 0.25) is 0 Å². The van der Waals surface area contributed by atoms with Gasteiger partial charge < -0.3 is 14.5 Å². The molecule has 0 bridgehead atoms. The van der Waals surface area contributed by atoms with Crippen molar-refractivity contribution in [1.29, 1.82) is 0 Å². The number of hydrogen-bond donors (Lipinski definition) is 1. The van der Waals surface area contributed by atoms with E-state index in [1.165, 1.54) is 17.7 Å². The van der Waals surface area contributed by atoms with Crippen molar-refractivity contribution < 1.29 is 13.5 Å². The Morgan fingerprint density at radius 2 is 1.77 bits per heavy atom. The number of furan rings is 1. The van der Waals surface area contributed by atoms with Crippen molar-refractivity contribution in [3.8, 4) is 12.3 Å². The zero-order chi connectivity index (χ0) is 21.0. The number of unbranched alkanes of at least 4 members (excludes halogenated alkanes) is 3. The summed E-state index contributed by atoms with van der Waals surface area (Å²) in [6, 6.07) is 15.1. The highest BCUT2D eigenvalue weighted by molar-refractivity contribution is 5.78. The van der Waals surface area contributed by atoms with Gasteiger partial charge >= 0.3 is 0 Å². The Labute approximate surface area is 178 Å².